The maximum absolute atomic E-state index is 6.08. The Labute approximate surface area is 143 Å². The molecule has 0 aromatic carbocycles. The topological polar surface area (TPSA) is 54.3 Å². The zero-order valence-corrected chi connectivity index (χ0v) is 14.7. The molecule has 4 heterocycles. The quantitative estimate of drug-likeness (QED) is 0.923. The van der Waals surface area contributed by atoms with Crippen molar-refractivity contribution in [3.05, 3.63) is 40.6 Å². The summed E-state index contributed by atoms with van der Waals surface area (Å²) in [5, 5.41) is 7.73. The normalized spacial score (nSPS) is 22.0. The van der Waals surface area contributed by atoms with Crippen molar-refractivity contribution in [3.8, 4) is 0 Å². The third-order valence-electron chi connectivity index (χ3n) is 5.15. The Balaban J connectivity index is 1.43. The number of nitrogens with zero attached hydrogens (tertiary/aromatic N) is 2. The summed E-state index contributed by atoms with van der Waals surface area (Å²) in [6.45, 7) is 8.12. The van der Waals surface area contributed by atoms with Gasteiger partial charge in [0.25, 0.3) is 0 Å². The monoisotopic (exact) mass is 329 g/mol. The molecule has 1 N–H and O–H groups in total. The van der Waals surface area contributed by atoms with Crippen LogP contribution in [0.3, 0.4) is 0 Å². The minimum atomic E-state index is 0.155. The number of hydrogen-bond acceptors (Lipinski definition) is 4. The second kappa shape index (κ2) is 6.73. The fraction of sp³-hybridized carbons (Fsp3) is 0.632. The molecule has 1 saturated heterocycles. The van der Waals surface area contributed by atoms with E-state index in [0.717, 1.165) is 50.6 Å². The highest BCUT2D eigenvalue weighted by Crippen LogP contribution is 2.30. The van der Waals surface area contributed by atoms with E-state index >= 15 is 0 Å². The maximum Gasteiger partial charge on any atom is 0.133 e. The molecule has 130 valence electrons. The second-order valence-electron chi connectivity index (χ2n) is 7.34. The minimum absolute atomic E-state index is 0.155. The summed E-state index contributed by atoms with van der Waals surface area (Å²) >= 11 is 0. The van der Waals surface area contributed by atoms with E-state index in [1.807, 2.05) is 0 Å². The molecule has 0 spiro atoms. The van der Waals surface area contributed by atoms with Gasteiger partial charge in [-0.3, -0.25) is 10.00 Å². The van der Waals surface area contributed by atoms with Crippen LogP contribution in [0.25, 0.3) is 0 Å². The molecular formula is C19H27N3O2. The Kier molecular flexibility index (Phi) is 4.46. The Morgan fingerprint density at radius 3 is 3.04 bits per heavy atom. The average molecular weight is 329 g/mol. The Morgan fingerprint density at radius 1 is 1.33 bits per heavy atom. The Bertz CT molecular complexity index is 683. The standard InChI is InChI=1S/C19H27N3O2/c1-13(2)19-15-12-22(9-8-16(15)20-21-19)11-14-6-7-18(24-14)17-5-3-4-10-23-17/h6-7,13,17H,3-5,8-12H2,1-2H3,(H,20,21). The molecule has 2 aromatic heterocycles. The van der Waals surface area contributed by atoms with Crippen LogP contribution in [0.2, 0.25) is 0 Å². The molecule has 1 fully saturated rings. The van der Waals surface area contributed by atoms with E-state index in [0.29, 0.717) is 5.92 Å². The van der Waals surface area contributed by atoms with Crippen molar-refractivity contribution in [2.75, 3.05) is 13.2 Å². The summed E-state index contributed by atoms with van der Waals surface area (Å²) in [4.78, 5) is 2.45. The maximum atomic E-state index is 6.08. The van der Waals surface area contributed by atoms with Gasteiger partial charge < -0.3 is 9.15 Å². The van der Waals surface area contributed by atoms with Gasteiger partial charge in [-0.15, -0.1) is 0 Å². The van der Waals surface area contributed by atoms with Crippen LogP contribution in [0.4, 0.5) is 0 Å². The van der Waals surface area contributed by atoms with Gasteiger partial charge in [0.2, 0.25) is 0 Å². The van der Waals surface area contributed by atoms with Crippen LogP contribution in [0, 0.1) is 0 Å². The van der Waals surface area contributed by atoms with Crippen LogP contribution >= 0.6 is 0 Å². The number of fused-ring (bicyclic) bond motifs is 1. The minimum Gasteiger partial charge on any atom is -0.462 e. The molecule has 24 heavy (non-hydrogen) atoms. The number of nitrogens with one attached hydrogen (secondary N) is 1. The van der Waals surface area contributed by atoms with Gasteiger partial charge in [-0.1, -0.05) is 13.8 Å². The molecule has 2 aromatic rings. The summed E-state index contributed by atoms with van der Waals surface area (Å²) in [5.74, 6) is 2.49. The van der Waals surface area contributed by atoms with E-state index in [2.05, 4.69) is 41.1 Å². The van der Waals surface area contributed by atoms with Crippen molar-refractivity contribution in [3.63, 3.8) is 0 Å². The summed E-state index contributed by atoms with van der Waals surface area (Å²) in [7, 11) is 0. The van der Waals surface area contributed by atoms with Gasteiger partial charge in [0.1, 0.15) is 17.6 Å². The molecule has 2 aliphatic heterocycles. The molecule has 5 heteroatoms. The molecule has 4 rings (SSSR count). The molecule has 2 aliphatic rings. The fourth-order valence-electron chi connectivity index (χ4n) is 3.82. The fourth-order valence-corrected chi connectivity index (χ4v) is 3.82. The van der Waals surface area contributed by atoms with Gasteiger partial charge in [0.15, 0.2) is 0 Å². The van der Waals surface area contributed by atoms with Gasteiger partial charge in [-0.25, -0.2) is 0 Å². The van der Waals surface area contributed by atoms with Crippen LogP contribution in [0.15, 0.2) is 16.5 Å². The Morgan fingerprint density at radius 2 is 2.25 bits per heavy atom. The van der Waals surface area contributed by atoms with Crippen molar-refractivity contribution in [1.29, 1.82) is 0 Å². The van der Waals surface area contributed by atoms with E-state index in [1.54, 1.807) is 0 Å². The van der Waals surface area contributed by atoms with Crippen molar-refractivity contribution in [2.45, 2.75) is 64.6 Å². The number of aromatic nitrogens is 2. The molecule has 0 amide bonds. The smallest absolute Gasteiger partial charge is 0.133 e. The molecule has 0 radical (unpaired) electrons. The third kappa shape index (κ3) is 3.15. The lowest BCUT2D eigenvalue weighted by molar-refractivity contribution is 0.000798. The van der Waals surface area contributed by atoms with Crippen LogP contribution in [0.1, 0.15) is 73.6 Å². The van der Waals surface area contributed by atoms with Crippen molar-refractivity contribution in [1.82, 2.24) is 15.1 Å². The molecular weight excluding hydrogens is 302 g/mol. The highest BCUT2D eigenvalue weighted by molar-refractivity contribution is 5.29. The summed E-state index contributed by atoms with van der Waals surface area (Å²) in [5.41, 5.74) is 3.91. The number of rotatable bonds is 4. The summed E-state index contributed by atoms with van der Waals surface area (Å²) in [6, 6.07) is 4.21. The SMILES string of the molecule is CC(C)c1n[nH]c2c1CN(Cc1ccc(C3CCCCO3)o1)CC2. The number of H-pyrrole nitrogens is 1. The molecule has 5 nitrogen and oxygen atoms in total. The van der Waals surface area contributed by atoms with Crippen LogP contribution < -0.4 is 0 Å². The van der Waals surface area contributed by atoms with Crippen molar-refractivity contribution in [2.24, 2.45) is 0 Å². The molecule has 0 aliphatic carbocycles. The second-order valence-corrected chi connectivity index (χ2v) is 7.34. The number of furan rings is 1. The number of aromatic amines is 1. The lowest BCUT2D eigenvalue weighted by Gasteiger charge is -2.26. The summed E-state index contributed by atoms with van der Waals surface area (Å²) in [6.07, 6.45) is 4.67. The lowest BCUT2D eigenvalue weighted by Crippen LogP contribution is -2.30. The van der Waals surface area contributed by atoms with E-state index in [1.165, 1.54) is 29.8 Å². The summed E-state index contributed by atoms with van der Waals surface area (Å²) < 4.78 is 11.9. The first-order chi connectivity index (χ1) is 11.7. The van der Waals surface area contributed by atoms with Gasteiger partial charge in [-0.05, 0) is 37.3 Å². The van der Waals surface area contributed by atoms with Crippen molar-refractivity contribution < 1.29 is 9.15 Å². The largest absolute Gasteiger partial charge is 0.462 e. The first kappa shape index (κ1) is 15.9. The highest BCUT2D eigenvalue weighted by atomic mass is 16.5. The zero-order valence-electron chi connectivity index (χ0n) is 14.7. The van der Waals surface area contributed by atoms with Crippen LogP contribution in [-0.4, -0.2) is 28.2 Å². The third-order valence-corrected chi connectivity index (χ3v) is 5.15. The first-order valence-electron chi connectivity index (χ1n) is 9.19. The Hall–Kier alpha value is -1.59. The van der Waals surface area contributed by atoms with Gasteiger partial charge in [-0.2, -0.15) is 5.10 Å². The lowest BCUT2D eigenvalue weighted by atomic mass is 9.99. The van der Waals surface area contributed by atoms with E-state index < -0.39 is 0 Å². The number of hydrogen-bond donors (Lipinski definition) is 1. The highest BCUT2D eigenvalue weighted by Gasteiger charge is 2.25. The van der Waals surface area contributed by atoms with Gasteiger partial charge >= 0.3 is 0 Å². The predicted molar refractivity (Wildman–Crippen MR) is 91.7 cm³/mol. The zero-order chi connectivity index (χ0) is 16.5. The van der Waals surface area contributed by atoms with E-state index in [9.17, 15) is 0 Å². The molecule has 1 atom stereocenters. The molecule has 1 unspecified atom stereocenters. The van der Waals surface area contributed by atoms with E-state index in [-0.39, 0.29) is 6.10 Å². The molecule has 0 saturated carbocycles. The van der Waals surface area contributed by atoms with Crippen LogP contribution in [0.5, 0.6) is 0 Å². The van der Waals surface area contributed by atoms with Crippen LogP contribution in [-0.2, 0) is 24.2 Å². The van der Waals surface area contributed by atoms with Crippen molar-refractivity contribution >= 4 is 0 Å². The van der Waals surface area contributed by atoms with E-state index in [4.69, 9.17) is 9.15 Å². The van der Waals surface area contributed by atoms with Gasteiger partial charge in [0.05, 0.1) is 12.2 Å². The predicted octanol–water partition coefficient (Wildman–Crippen LogP) is 3.93. The molecule has 0 bridgehead atoms. The first-order valence-corrected chi connectivity index (χ1v) is 9.19. The van der Waals surface area contributed by atoms with Gasteiger partial charge in [0, 0.05) is 37.4 Å². The average Bonchev–Trinajstić information content (AvgIpc) is 3.22. The number of ether oxygens (including phenoxy) is 1.